The third-order valence-electron chi connectivity index (χ3n) is 2.16. The van der Waals surface area contributed by atoms with E-state index in [-0.39, 0.29) is 5.97 Å². The first-order valence-electron chi connectivity index (χ1n) is 5.36. The van der Waals surface area contributed by atoms with Gasteiger partial charge in [0.2, 0.25) is 0 Å². The van der Waals surface area contributed by atoms with Gasteiger partial charge in [0.25, 0.3) is 0 Å². The number of nitrogens with zero attached hydrogens (tertiary/aromatic N) is 2. The summed E-state index contributed by atoms with van der Waals surface area (Å²) in [6.07, 6.45) is 1.89. The molecule has 2 heterocycles. The average molecular weight is 268 g/mol. The summed E-state index contributed by atoms with van der Waals surface area (Å²) >= 11 is 2.62. The Kier molecular flexibility index (Phi) is 4.22. The predicted octanol–water partition coefficient (Wildman–Crippen LogP) is 3.22. The topological polar surface area (TPSA) is 52.1 Å². The summed E-state index contributed by atoms with van der Waals surface area (Å²) in [4.78, 5) is 13.2. The molecule has 4 nitrogen and oxygen atoms in total. The fourth-order valence-electron chi connectivity index (χ4n) is 1.27. The number of aromatic nitrogens is 2. The molecule has 0 aromatic carbocycles. The van der Waals surface area contributed by atoms with Crippen LogP contribution >= 0.6 is 22.9 Å². The molecule has 0 saturated carbocycles. The summed E-state index contributed by atoms with van der Waals surface area (Å²) in [7, 11) is 0. The van der Waals surface area contributed by atoms with Gasteiger partial charge in [-0.3, -0.25) is 0 Å². The van der Waals surface area contributed by atoms with Crippen molar-refractivity contribution in [1.29, 1.82) is 0 Å². The molecule has 0 fully saturated rings. The maximum Gasteiger partial charge on any atom is 0.352 e. The van der Waals surface area contributed by atoms with Gasteiger partial charge in [-0.15, -0.1) is 16.4 Å². The Hall–Kier alpha value is -1.27. The van der Waals surface area contributed by atoms with Gasteiger partial charge in [0.15, 0.2) is 4.88 Å². The molecule has 0 unspecified atom stereocenters. The maximum absolute atomic E-state index is 11.8. The second kappa shape index (κ2) is 5.88. The van der Waals surface area contributed by atoms with Crippen molar-refractivity contribution in [3.63, 3.8) is 0 Å². The molecule has 0 amide bonds. The van der Waals surface area contributed by atoms with E-state index in [0.29, 0.717) is 17.2 Å². The van der Waals surface area contributed by atoms with Crippen molar-refractivity contribution in [2.24, 2.45) is 0 Å². The second-order valence-corrected chi connectivity index (χ2v) is 5.12. The lowest BCUT2D eigenvalue weighted by Crippen LogP contribution is -2.05. The maximum atomic E-state index is 11.8. The first-order chi connectivity index (χ1) is 8.33. The molecule has 0 N–H and O–H groups in total. The molecule has 17 heavy (non-hydrogen) atoms. The van der Waals surface area contributed by atoms with Crippen LogP contribution in [0.15, 0.2) is 17.5 Å². The number of ether oxygens (including phenoxy) is 1. The van der Waals surface area contributed by atoms with E-state index in [1.54, 1.807) is 0 Å². The lowest BCUT2D eigenvalue weighted by Gasteiger charge is -2.01. The number of thiophene rings is 1. The fraction of sp³-hybridized carbons (Fsp3) is 0.364. The van der Waals surface area contributed by atoms with Crippen molar-refractivity contribution >= 4 is 28.8 Å². The number of unbranched alkanes of at least 4 members (excludes halogenated alkanes) is 1. The fourth-order valence-corrected chi connectivity index (χ4v) is 2.63. The van der Waals surface area contributed by atoms with E-state index in [2.05, 4.69) is 16.5 Å². The van der Waals surface area contributed by atoms with Crippen LogP contribution in [0.1, 0.15) is 29.4 Å². The van der Waals surface area contributed by atoms with Crippen molar-refractivity contribution in [1.82, 2.24) is 9.59 Å². The van der Waals surface area contributed by atoms with Crippen molar-refractivity contribution in [3.8, 4) is 10.6 Å². The van der Waals surface area contributed by atoms with Crippen LogP contribution in [0.2, 0.25) is 0 Å². The zero-order valence-corrected chi connectivity index (χ0v) is 11.0. The van der Waals surface area contributed by atoms with Gasteiger partial charge in [-0.2, -0.15) is 0 Å². The van der Waals surface area contributed by atoms with Gasteiger partial charge in [-0.05, 0) is 29.4 Å². The Bertz CT molecular complexity index is 479. The standard InChI is InChI=1S/C11H12N2O2S2/c1-2-3-6-15-11(14)10-9(12-13-17-10)8-5-4-7-16-8/h4-5,7H,2-3,6H2,1H3. The number of esters is 1. The van der Waals surface area contributed by atoms with E-state index < -0.39 is 0 Å². The molecule has 90 valence electrons. The van der Waals surface area contributed by atoms with Gasteiger partial charge in [0.1, 0.15) is 5.69 Å². The molecule has 0 saturated heterocycles. The van der Waals surface area contributed by atoms with E-state index in [9.17, 15) is 4.79 Å². The quantitative estimate of drug-likeness (QED) is 0.617. The Balaban J connectivity index is 2.11. The molecule has 0 spiro atoms. The molecule has 0 aliphatic heterocycles. The Morgan fingerprint density at radius 1 is 1.53 bits per heavy atom. The van der Waals surface area contributed by atoms with Crippen molar-refractivity contribution in [2.75, 3.05) is 6.61 Å². The summed E-state index contributed by atoms with van der Waals surface area (Å²) in [5.41, 5.74) is 0.631. The van der Waals surface area contributed by atoms with Gasteiger partial charge >= 0.3 is 5.97 Å². The van der Waals surface area contributed by atoms with Crippen LogP contribution in [0.4, 0.5) is 0 Å². The lowest BCUT2D eigenvalue weighted by atomic mass is 10.3. The summed E-state index contributed by atoms with van der Waals surface area (Å²) < 4.78 is 8.99. The second-order valence-electron chi connectivity index (χ2n) is 3.42. The molecule has 0 radical (unpaired) electrons. The van der Waals surface area contributed by atoms with Crippen LogP contribution in [0.25, 0.3) is 10.6 Å². The van der Waals surface area contributed by atoms with Gasteiger partial charge in [-0.1, -0.05) is 23.9 Å². The normalized spacial score (nSPS) is 10.4. The number of hydrogen-bond acceptors (Lipinski definition) is 6. The number of carbonyl (C=O) groups excluding carboxylic acids is 1. The number of hydrogen-bond donors (Lipinski definition) is 0. The lowest BCUT2D eigenvalue weighted by molar-refractivity contribution is 0.0506. The van der Waals surface area contributed by atoms with Crippen molar-refractivity contribution < 1.29 is 9.53 Å². The largest absolute Gasteiger partial charge is 0.461 e. The smallest absolute Gasteiger partial charge is 0.352 e. The van der Waals surface area contributed by atoms with Crippen LogP contribution in [0.5, 0.6) is 0 Å². The third kappa shape index (κ3) is 2.89. The Labute approximate surface area is 107 Å². The summed E-state index contributed by atoms with van der Waals surface area (Å²) in [5.74, 6) is -0.322. The molecule has 0 atom stereocenters. The highest BCUT2D eigenvalue weighted by atomic mass is 32.1. The minimum Gasteiger partial charge on any atom is -0.461 e. The van der Waals surface area contributed by atoms with Gasteiger partial charge in [0.05, 0.1) is 11.5 Å². The first kappa shape index (κ1) is 12.2. The molecular weight excluding hydrogens is 256 g/mol. The van der Waals surface area contributed by atoms with Crippen molar-refractivity contribution in [3.05, 3.63) is 22.4 Å². The molecule has 2 aromatic rings. The van der Waals surface area contributed by atoms with Crippen LogP contribution in [-0.4, -0.2) is 22.2 Å². The van der Waals surface area contributed by atoms with Gasteiger partial charge < -0.3 is 4.74 Å². The van der Waals surface area contributed by atoms with Crippen LogP contribution < -0.4 is 0 Å². The number of carbonyl (C=O) groups is 1. The molecule has 0 aliphatic carbocycles. The van der Waals surface area contributed by atoms with Crippen LogP contribution in [-0.2, 0) is 4.74 Å². The Morgan fingerprint density at radius 3 is 3.12 bits per heavy atom. The van der Waals surface area contributed by atoms with Crippen LogP contribution in [0.3, 0.4) is 0 Å². The molecule has 2 rings (SSSR count). The van der Waals surface area contributed by atoms with Crippen LogP contribution in [0, 0.1) is 0 Å². The SMILES string of the molecule is CCCCOC(=O)c1snnc1-c1cccs1. The molecule has 0 bridgehead atoms. The molecule has 2 aromatic heterocycles. The van der Waals surface area contributed by atoms with Crippen molar-refractivity contribution in [2.45, 2.75) is 19.8 Å². The third-order valence-corrected chi connectivity index (χ3v) is 3.74. The first-order valence-corrected chi connectivity index (χ1v) is 7.01. The van der Waals surface area contributed by atoms with E-state index in [4.69, 9.17) is 4.74 Å². The zero-order valence-electron chi connectivity index (χ0n) is 9.38. The summed E-state index contributed by atoms with van der Waals surface area (Å²) in [6.45, 7) is 2.51. The molecule has 0 aliphatic rings. The zero-order chi connectivity index (χ0) is 12.1. The molecular formula is C11H12N2O2S2. The minimum atomic E-state index is -0.322. The average Bonchev–Trinajstić information content (AvgIpc) is 2.99. The van der Waals surface area contributed by atoms with E-state index >= 15 is 0 Å². The van der Waals surface area contributed by atoms with E-state index in [1.807, 2.05) is 17.5 Å². The highest BCUT2D eigenvalue weighted by molar-refractivity contribution is 7.14. The van der Waals surface area contributed by atoms with E-state index in [0.717, 1.165) is 29.3 Å². The van der Waals surface area contributed by atoms with Gasteiger partial charge in [0, 0.05) is 0 Å². The summed E-state index contributed by atoms with van der Waals surface area (Å²) in [5, 5.41) is 5.93. The molecule has 6 heteroatoms. The minimum absolute atomic E-state index is 0.322. The van der Waals surface area contributed by atoms with Gasteiger partial charge in [-0.25, -0.2) is 4.79 Å². The highest BCUT2D eigenvalue weighted by Crippen LogP contribution is 2.28. The monoisotopic (exact) mass is 268 g/mol. The summed E-state index contributed by atoms with van der Waals surface area (Å²) in [6, 6.07) is 3.84. The number of rotatable bonds is 5. The van der Waals surface area contributed by atoms with E-state index in [1.165, 1.54) is 11.3 Å². The Morgan fingerprint density at radius 2 is 2.41 bits per heavy atom. The highest BCUT2D eigenvalue weighted by Gasteiger charge is 2.19. The predicted molar refractivity (Wildman–Crippen MR) is 68.4 cm³/mol.